The van der Waals surface area contributed by atoms with E-state index in [0.29, 0.717) is 16.5 Å². The van der Waals surface area contributed by atoms with Gasteiger partial charge in [-0.25, -0.2) is 4.39 Å². The van der Waals surface area contributed by atoms with E-state index in [1.54, 1.807) is 37.4 Å². The van der Waals surface area contributed by atoms with Crippen molar-refractivity contribution in [2.24, 2.45) is 0 Å². The van der Waals surface area contributed by atoms with Crippen LogP contribution in [0.2, 0.25) is 5.02 Å². The van der Waals surface area contributed by atoms with Gasteiger partial charge in [-0.15, -0.1) is 0 Å². The summed E-state index contributed by atoms with van der Waals surface area (Å²) in [5.74, 6) is 0.154. The van der Waals surface area contributed by atoms with E-state index in [2.05, 4.69) is 15.5 Å². The lowest BCUT2D eigenvalue weighted by atomic mass is 10.1. The minimum Gasteiger partial charge on any atom is -0.495 e. The molecule has 2 aromatic carbocycles. The number of hydrogen-bond acceptors (Lipinski definition) is 4. The highest BCUT2D eigenvalue weighted by molar-refractivity contribution is 6.31. The van der Waals surface area contributed by atoms with Crippen molar-refractivity contribution in [3.8, 4) is 17.0 Å². The van der Waals surface area contributed by atoms with Crippen molar-refractivity contribution < 1.29 is 13.9 Å². The maximum absolute atomic E-state index is 13.1. The molecule has 1 amide bonds. The summed E-state index contributed by atoms with van der Waals surface area (Å²) in [6.45, 7) is 2.58. The highest BCUT2D eigenvalue weighted by Crippen LogP contribution is 2.28. The van der Waals surface area contributed by atoms with E-state index in [1.165, 1.54) is 12.1 Å². The number of benzene rings is 2. The Kier molecular flexibility index (Phi) is 7.65. The van der Waals surface area contributed by atoms with Crippen LogP contribution in [0.1, 0.15) is 19.0 Å². The molecule has 8 heteroatoms. The Balaban J connectivity index is 1.50. The van der Waals surface area contributed by atoms with Crippen molar-refractivity contribution in [2.45, 2.75) is 25.8 Å². The van der Waals surface area contributed by atoms with E-state index in [-0.39, 0.29) is 17.8 Å². The lowest BCUT2D eigenvalue weighted by Crippen LogP contribution is -2.40. The summed E-state index contributed by atoms with van der Waals surface area (Å²) in [5, 5.41) is 10.7. The molecule has 1 heterocycles. The fraction of sp³-hybridized carbons (Fsp3) is 0.304. The van der Waals surface area contributed by atoms with Gasteiger partial charge in [0.25, 0.3) is 0 Å². The maximum Gasteiger partial charge on any atom is 0.241 e. The third-order valence-corrected chi connectivity index (χ3v) is 5.42. The van der Waals surface area contributed by atoms with Crippen LogP contribution in [0.5, 0.6) is 5.75 Å². The summed E-state index contributed by atoms with van der Waals surface area (Å²) in [7, 11) is 3.46. The average molecular weight is 445 g/mol. The van der Waals surface area contributed by atoms with Crippen LogP contribution in [0.15, 0.2) is 48.5 Å². The molecule has 0 aliphatic rings. The molecule has 2 N–H and O–H groups in total. The Morgan fingerprint density at radius 1 is 1.26 bits per heavy atom. The van der Waals surface area contributed by atoms with Crippen molar-refractivity contribution in [1.29, 1.82) is 0 Å². The van der Waals surface area contributed by atoms with Gasteiger partial charge in [0.05, 0.1) is 24.5 Å². The van der Waals surface area contributed by atoms with E-state index >= 15 is 0 Å². The van der Waals surface area contributed by atoms with Crippen molar-refractivity contribution in [3.63, 3.8) is 0 Å². The minimum absolute atomic E-state index is 0.136. The van der Waals surface area contributed by atoms with Gasteiger partial charge in [-0.05, 0) is 81.9 Å². The van der Waals surface area contributed by atoms with Gasteiger partial charge in [0.1, 0.15) is 11.6 Å². The van der Waals surface area contributed by atoms with Crippen LogP contribution in [-0.4, -0.2) is 47.7 Å². The first-order valence-electron chi connectivity index (χ1n) is 10.0. The summed E-state index contributed by atoms with van der Waals surface area (Å²) >= 11 is 6.03. The number of H-pyrrole nitrogens is 1. The number of aryl methyl sites for hydroxylation is 1. The van der Waals surface area contributed by atoms with E-state index in [9.17, 15) is 9.18 Å². The zero-order chi connectivity index (χ0) is 22.4. The molecule has 3 rings (SSSR count). The van der Waals surface area contributed by atoms with Crippen LogP contribution in [0.4, 0.5) is 10.1 Å². The number of halogens is 2. The van der Waals surface area contributed by atoms with Crippen molar-refractivity contribution in [1.82, 2.24) is 15.1 Å². The Labute approximate surface area is 186 Å². The standard InChI is InChI=1S/C23H26ClFN4O2/c1-15(23(30)26-21-13-17(24)8-11-22(21)31-3)29(2)12-4-5-19-14-20(28-27-19)16-6-9-18(25)10-7-16/h6-11,13-15H,4-5,12H2,1-3H3,(H,26,30)(H,27,28). The number of anilines is 1. The molecule has 3 aromatic rings. The number of carbonyl (C=O) groups excluding carboxylic acids is 1. The first kappa shape index (κ1) is 22.8. The van der Waals surface area contributed by atoms with Gasteiger partial charge in [-0.1, -0.05) is 11.6 Å². The fourth-order valence-electron chi connectivity index (χ4n) is 3.19. The predicted molar refractivity (Wildman–Crippen MR) is 121 cm³/mol. The Morgan fingerprint density at radius 2 is 2.00 bits per heavy atom. The van der Waals surface area contributed by atoms with Crippen LogP contribution >= 0.6 is 11.6 Å². The van der Waals surface area contributed by atoms with E-state index < -0.39 is 0 Å². The maximum atomic E-state index is 13.1. The van der Waals surface area contributed by atoms with Gasteiger partial charge in [0.2, 0.25) is 5.91 Å². The SMILES string of the molecule is COc1ccc(Cl)cc1NC(=O)C(C)N(C)CCCc1cc(-c2ccc(F)cc2)n[nH]1. The second-order valence-electron chi connectivity index (χ2n) is 7.38. The van der Waals surface area contributed by atoms with Crippen LogP contribution in [0.3, 0.4) is 0 Å². The van der Waals surface area contributed by atoms with Gasteiger partial charge in [-0.3, -0.25) is 14.8 Å². The number of hydrogen-bond donors (Lipinski definition) is 2. The molecule has 0 bridgehead atoms. The Hall–Kier alpha value is -2.90. The molecular formula is C23H26ClFN4O2. The highest BCUT2D eigenvalue weighted by Gasteiger charge is 2.19. The van der Waals surface area contributed by atoms with Crippen molar-refractivity contribution in [3.05, 3.63) is 65.1 Å². The monoisotopic (exact) mass is 444 g/mol. The molecule has 1 atom stereocenters. The van der Waals surface area contributed by atoms with Crippen LogP contribution in [0, 0.1) is 5.82 Å². The number of nitrogens with zero attached hydrogens (tertiary/aromatic N) is 2. The predicted octanol–water partition coefficient (Wildman–Crippen LogP) is 4.77. The molecule has 0 saturated carbocycles. The van der Waals surface area contributed by atoms with Gasteiger partial charge in [0, 0.05) is 16.3 Å². The molecule has 164 valence electrons. The highest BCUT2D eigenvalue weighted by atomic mass is 35.5. The molecule has 0 fully saturated rings. The molecule has 1 unspecified atom stereocenters. The smallest absolute Gasteiger partial charge is 0.241 e. The summed E-state index contributed by atoms with van der Waals surface area (Å²) in [6, 6.07) is 13.0. The number of nitrogens with one attached hydrogen (secondary N) is 2. The van der Waals surface area contributed by atoms with Gasteiger partial charge < -0.3 is 10.1 Å². The quantitative estimate of drug-likeness (QED) is 0.498. The topological polar surface area (TPSA) is 70.2 Å². The fourth-order valence-corrected chi connectivity index (χ4v) is 3.36. The molecule has 1 aromatic heterocycles. The number of rotatable bonds is 9. The van der Waals surface area contributed by atoms with E-state index in [4.69, 9.17) is 16.3 Å². The molecule has 0 aliphatic heterocycles. The molecule has 0 saturated heterocycles. The summed E-state index contributed by atoms with van der Waals surface area (Å²) in [4.78, 5) is 14.6. The van der Waals surface area contributed by atoms with Gasteiger partial charge in [-0.2, -0.15) is 5.10 Å². The third kappa shape index (κ3) is 6.06. The first-order valence-corrected chi connectivity index (χ1v) is 10.4. The second kappa shape index (κ2) is 10.4. The Morgan fingerprint density at radius 3 is 2.71 bits per heavy atom. The zero-order valence-corrected chi connectivity index (χ0v) is 18.5. The van der Waals surface area contributed by atoms with Crippen LogP contribution in [-0.2, 0) is 11.2 Å². The first-order chi connectivity index (χ1) is 14.9. The molecule has 31 heavy (non-hydrogen) atoms. The number of aromatic nitrogens is 2. The lowest BCUT2D eigenvalue weighted by Gasteiger charge is -2.24. The van der Waals surface area contributed by atoms with Gasteiger partial charge in [0.15, 0.2) is 0 Å². The number of aromatic amines is 1. The minimum atomic E-state index is -0.333. The third-order valence-electron chi connectivity index (χ3n) is 5.19. The van der Waals surface area contributed by atoms with Gasteiger partial charge >= 0.3 is 0 Å². The molecule has 0 radical (unpaired) electrons. The largest absolute Gasteiger partial charge is 0.495 e. The summed E-state index contributed by atoms with van der Waals surface area (Å²) in [5.41, 5.74) is 3.19. The molecule has 6 nitrogen and oxygen atoms in total. The lowest BCUT2D eigenvalue weighted by molar-refractivity contribution is -0.120. The number of methoxy groups -OCH3 is 1. The normalized spacial score (nSPS) is 12.1. The number of likely N-dealkylation sites (N-methyl/N-ethyl adjacent to an activating group) is 1. The summed E-state index contributed by atoms with van der Waals surface area (Å²) in [6.07, 6.45) is 1.63. The number of carbonyl (C=O) groups is 1. The van der Waals surface area contributed by atoms with Crippen LogP contribution < -0.4 is 10.1 Å². The average Bonchev–Trinajstić information content (AvgIpc) is 3.22. The zero-order valence-electron chi connectivity index (χ0n) is 17.8. The second-order valence-corrected chi connectivity index (χ2v) is 7.82. The molecule has 0 aliphatic carbocycles. The Bertz CT molecular complexity index is 1020. The van der Waals surface area contributed by atoms with Crippen molar-refractivity contribution in [2.75, 3.05) is 26.0 Å². The molecule has 0 spiro atoms. The molecular weight excluding hydrogens is 419 g/mol. The number of amides is 1. The van der Waals surface area contributed by atoms with E-state index in [0.717, 1.165) is 36.3 Å². The summed E-state index contributed by atoms with van der Waals surface area (Å²) < 4.78 is 18.4. The van der Waals surface area contributed by atoms with E-state index in [1.807, 2.05) is 24.9 Å². The number of ether oxygens (including phenoxy) is 1. The van der Waals surface area contributed by atoms with Crippen LogP contribution in [0.25, 0.3) is 11.3 Å². The van der Waals surface area contributed by atoms with Crippen molar-refractivity contribution >= 4 is 23.2 Å².